The van der Waals surface area contributed by atoms with E-state index in [2.05, 4.69) is 32.4 Å². The summed E-state index contributed by atoms with van der Waals surface area (Å²) in [4.78, 5) is 40.3. The minimum Gasteiger partial charge on any atom is -0.464 e. The Morgan fingerprint density at radius 3 is 2.22 bits per heavy atom. The van der Waals surface area contributed by atoms with Gasteiger partial charge in [-0.2, -0.15) is 22.7 Å². The molecule has 0 spiro atoms. The summed E-state index contributed by atoms with van der Waals surface area (Å²) in [5.74, 6) is -14.3. The number of aromatic nitrogens is 3. The monoisotopic (exact) mass is 694 g/mol. The van der Waals surface area contributed by atoms with Gasteiger partial charge in [-0.15, -0.1) is 0 Å². The van der Waals surface area contributed by atoms with Crippen molar-refractivity contribution >= 4 is 23.5 Å². The number of carbonyl (C=O) groups is 3. The van der Waals surface area contributed by atoms with E-state index in [-0.39, 0.29) is 29.8 Å². The van der Waals surface area contributed by atoms with Crippen LogP contribution in [0.2, 0.25) is 0 Å². The first-order valence-electron chi connectivity index (χ1n) is 16.1. The van der Waals surface area contributed by atoms with Crippen molar-refractivity contribution in [2.45, 2.75) is 69.9 Å². The number of benzene rings is 3. The lowest BCUT2D eigenvalue weighted by Gasteiger charge is -2.27. The van der Waals surface area contributed by atoms with Crippen LogP contribution in [0.5, 0.6) is 0 Å². The number of carbonyl (C=O) groups excluding carboxylic acids is 3. The van der Waals surface area contributed by atoms with Crippen LogP contribution in [0.4, 0.5) is 23.2 Å². The molecule has 14 heteroatoms. The van der Waals surface area contributed by atoms with Crippen molar-refractivity contribution in [3.05, 3.63) is 89.2 Å². The van der Waals surface area contributed by atoms with Gasteiger partial charge in [0.2, 0.25) is 11.7 Å². The molecule has 0 radical (unpaired) electrons. The smallest absolute Gasteiger partial charge is 0.412 e. The maximum atomic E-state index is 14.3. The van der Waals surface area contributed by atoms with E-state index in [0.29, 0.717) is 24.3 Å². The molecule has 1 heterocycles. The van der Waals surface area contributed by atoms with Crippen LogP contribution in [0.1, 0.15) is 59.9 Å². The number of hydrogen-bond donors (Lipinski definition) is 4. The van der Waals surface area contributed by atoms with Gasteiger partial charge >= 0.3 is 17.8 Å². The Morgan fingerprint density at radius 1 is 0.960 bits per heavy atom. The number of ether oxygens (including phenoxy) is 1. The lowest BCUT2D eigenvalue weighted by Crippen LogP contribution is -2.46. The largest absolute Gasteiger partial charge is 0.464 e. The second-order valence-electron chi connectivity index (χ2n) is 12.7. The Balaban J connectivity index is 1.15. The number of H-pyrrole nitrogens is 1. The van der Waals surface area contributed by atoms with E-state index in [1.807, 2.05) is 49.4 Å². The van der Waals surface area contributed by atoms with Gasteiger partial charge in [0.05, 0.1) is 13.2 Å². The first kappa shape index (κ1) is 36.2. The molecule has 4 aromatic rings. The Morgan fingerprint density at radius 2 is 1.60 bits per heavy atom. The highest BCUT2D eigenvalue weighted by Crippen LogP contribution is 2.42. The van der Waals surface area contributed by atoms with Crippen LogP contribution in [0.25, 0.3) is 22.5 Å². The van der Waals surface area contributed by atoms with Crippen LogP contribution in [-0.4, -0.2) is 58.1 Å². The molecule has 1 fully saturated rings. The minimum absolute atomic E-state index is 0.0582. The van der Waals surface area contributed by atoms with Crippen LogP contribution >= 0.6 is 0 Å². The molecule has 264 valence electrons. The zero-order valence-electron chi connectivity index (χ0n) is 27.7. The third-order valence-corrected chi connectivity index (χ3v) is 8.93. The standard InChI is InChI=1S/C36H38F4N6O4/c1-20-4-13-26(14-5-20)42-31(47)25-12-17-28(21(2)18-25)23-8-6-22(7-9-23)19-29(41)32(48)43-27-15-10-24(11-16-27)30-44-33(46-45-30)35(37,38)36(39,40)34(49)50-3/h6-12,15-18,20,26,29H,4-5,13-14,19,41H2,1-3H3,(H,42,47)(H,43,48)(H,44,45,46)/t20?,26?,29-/m0/s1. The molecular weight excluding hydrogens is 656 g/mol. The van der Waals surface area contributed by atoms with E-state index < -0.39 is 35.6 Å². The predicted octanol–water partition coefficient (Wildman–Crippen LogP) is 6.16. The van der Waals surface area contributed by atoms with Crippen molar-refractivity contribution < 1.29 is 36.7 Å². The Kier molecular flexibility index (Phi) is 10.7. The third kappa shape index (κ3) is 7.85. The van der Waals surface area contributed by atoms with Gasteiger partial charge in [0, 0.05) is 22.9 Å². The first-order chi connectivity index (χ1) is 23.7. The van der Waals surface area contributed by atoms with Crippen LogP contribution in [0.3, 0.4) is 0 Å². The van der Waals surface area contributed by atoms with Gasteiger partial charge in [0.25, 0.3) is 5.91 Å². The lowest BCUT2D eigenvalue weighted by molar-refractivity contribution is -0.233. The van der Waals surface area contributed by atoms with E-state index in [9.17, 15) is 31.9 Å². The van der Waals surface area contributed by atoms with Crippen molar-refractivity contribution in [3.63, 3.8) is 0 Å². The molecule has 0 unspecified atom stereocenters. The number of esters is 1. The summed E-state index contributed by atoms with van der Waals surface area (Å²) in [5, 5.41) is 11.2. The van der Waals surface area contributed by atoms with Gasteiger partial charge in [-0.3, -0.25) is 14.7 Å². The normalized spacial score (nSPS) is 17.1. The number of nitrogens with two attached hydrogens (primary N) is 1. The van der Waals surface area contributed by atoms with Crippen LogP contribution in [0.15, 0.2) is 66.7 Å². The molecule has 5 N–H and O–H groups in total. The molecule has 0 aliphatic heterocycles. The molecule has 5 rings (SSSR count). The average molecular weight is 695 g/mol. The number of alkyl halides is 4. The van der Waals surface area contributed by atoms with Gasteiger partial charge in [-0.05, 0) is 104 Å². The highest BCUT2D eigenvalue weighted by Gasteiger charge is 2.66. The topological polar surface area (TPSA) is 152 Å². The molecular formula is C36H38F4N6O4. The fraction of sp³-hybridized carbons (Fsp3) is 0.361. The van der Waals surface area contributed by atoms with Gasteiger partial charge < -0.3 is 21.1 Å². The molecule has 10 nitrogen and oxygen atoms in total. The van der Waals surface area contributed by atoms with Crippen LogP contribution in [-0.2, 0) is 26.7 Å². The molecule has 3 aromatic carbocycles. The van der Waals surface area contributed by atoms with Crippen molar-refractivity contribution in [1.29, 1.82) is 0 Å². The van der Waals surface area contributed by atoms with Crippen molar-refractivity contribution in [3.8, 4) is 22.5 Å². The number of amides is 2. The SMILES string of the molecule is COC(=O)C(F)(F)C(F)(F)c1nc(-c2ccc(NC(=O)[C@@H](N)Cc3ccc(-c4ccc(C(=O)NC5CCC(C)CC5)cc4C)cc3)cc2)n[nH]1. The van der Waals surface area contributed by atoms with Crippen molar-refractivity contribution in [2.24, 2.45) is 11.7 Å². The fourth-order valence-electron chi connectivity index (χ4n) is 5.84. The molecule has 2 amide bonds. The number of nitrogens with zero attached hydrogens (tertiary/aromatic N) is 2. The summed E-state index contributed by atoms with van der Waals surface area (Å²) in [6, 6.07) is 18.3. The summed E-state index contributed by atoms with van der Waals surface area (Å²) in [5.41, 5.74) is 11.1. The Labute approximate surface area is 286 Å². The molecule has 0 saturated heterocycles. The van der Waals surface area contributed by atoms with E-state index in [4.69, 9.17) is 5.73 Å². The summed E-state index contributed by atoms with van der Waals surface area (Å²) >= 11 is 0. The van der Waals surface area contributed by atoms with Gasteiger partial charge in [0.15, 0.2) is 5.82 Å². The fourth-order valence-corrected chi connectivity index (χ4v) is 5.84. The summed E-state index contributed by atoms with van der Waals surface area (Å²) in [7, 11) is 0.562. The summed E-state index contributed by atoms with van der Waals surface area (Å²) in [6.45, 7) is 4.21. The number of aromatic amines is 1. The number of aryl methyl sites for hydroxylation is 1. The second-order valence-corrected chi connectivity index (χ2v) is 12.7. The lowest BCUT2D eigenvalue weighted by atomic mass is 9.87. The Hall–Kier alpha value is -5.11. The van der Waals surface area contributed by atoms with E-state index in [1.165, 1.54) is 24.3 Å². The zero-order valence-corrected chi connectivity index (χ0v) is 27.7. The van der Waals surface area contributed by atoms with E-state index in [0.717, 1.165) is 47.9 Å². The predicted molar refractivity (Wildman–Crippen MR) is 178 cm³/mol. The van der Waals surface area contributed by atoms with Crippen molar-refractivity contribution in [1.82, 2.24) is 20.5 Å². The molecule has 50 heavy (non-hydrogen) atoms. The molecule has 1 aliphatic rings. The van der Waals surface area contributed by atoms with E-state index in [1.54, 1.807) is 5.10 Å². The number of hydrogen-bond acceptors (Lipinski definition) is 7. The zero-order chi connectivity index (χ0) is 36.2. The third-order valence-electron chi connectivity index (χ3n) is 8.93. The van der Waals surface area contributed by atoms with E-state index >= 15 is 0 Å². The number of rotatable bonds is 11. The molecule has 0 bridgehead atoms. The van der Waals surface area contributed by atoms with Crippen LogP contribution in [0, 0.1) is 12.8 Å². The van der Waals surface area contributed by atoms with Gasteiger partial charge in [-0.25, -0.2) is 9.78 Å². The average Bonchev–Trinajstić information content (AvgIpc) is 3.61. The summed E-state index contributed by atoms with van der Waals surface area (Å²) < 4.78 is 60.2. The number of methoxy groups -OCH3 is 1. The first-order valence-corrected chi connectivity index (χ1v) is 16.1. The molecule has 1 aliphatic carbocycles. The molecule has 1 atom stereocenters. The summed E-state index contributed by atoms with van der Waals surface area (Å²) in [6.07, 6.45) is 4.51. The molecule has 1 aromatic heterocycles. The van der Waals surface area contributed by atoms with Gasteiger partial charge in [-0.1, -0.05) is 37.3 Å². The maximum Gasteiger partial charge on any atom is 0.412 e. The minimum atomic E-state index is -5.17. The molecule has 1 saturated carbocycles. The van der Waals surface area contributed by atoms with Gasteiger partial charge in [0.1, 0.15) is 0 Å². The van der Waals surface area contributed by atoms with Crippen molar-refractivity contribution in [2.75, 3.05) is 12.4 Å². The number of anilines is 1. The number of halogens is 4. The highest BCUT2D eigenvalue weighted by molar-refractivity contribution is 5.96. The quantitative estimate of drug-likeness (QED) is 0.108. The maximum absolute atomic E-state index is 14.3. The van der Waals surface area contributed by atoms with Crippen LogP contribution < -0.4 is 16.4 Å². The Bertz CT molecular complexity index is 1840. The number of nitrogens with one attached hydrogen (secondary N) is 3. The highest BCUT2D eigenvalue weighted by atomic mass is 19.3. The second kappa shape index (κ2) is 14.8.